The maximum absolute atomic E-state index is 12.1. The van der Waals surface area contributed by atoms with Crippen molar-refractivity contribution in [2.24, 2.45) is 0 Å². The second kappa shape index (κ2) is 8.65. The quantitative estimate of drug-likeness (QED) is 0.465. The number of carbonyl (C=O) groups excluding carboxylic acids is 3. The highest BCUT2D eigenvalue weighted by Crippen LogP contribution is 2.21. The number of rotatable bonds is 7. The SMILES string of the molecule is CSc1ccccc1C(=O)OCC(=O)c1ccc(CNC(C)=O)s1. The summed E-state index contributed by atoms with van der Waals surface area (Å²) in [6, 6.07) is 10.6. The molecule has 1 N–H and O–H groups in total. The summed E-state index contributed by atoms with van der Waals surface area (Å²) >= 11 is 2.73. The summed E-state index contributed by atoms with van der Waals surface area (Å²) in [5.74, 6) is -0.898. The fourth-order valence-corrected chi connectivity index (χ4v) is 3.39. The number of thiophene rings is 1. The lowest BCUT2D eigenvalue weighted by Gasteiger charge is -2.06. The van der Waals surface area contributed by atoms with Crippen LogP contribution in [0.25, 0.3) is 0 Å². The molecule has 7 heteroatoms. The molecule has 1 heterocycles. The lowest BCUT2D eigenvalue weighted by atomic mass is 10.2. The monoisotopic (exact) mass is 363 g/mol. The molecule has 2 rings (SSSR count). The van der Waals surface area contributed by atoms with E-state index in [0.29, 0.717) is 17.0 Å². The van der Waals surface area contributed by atoms with Gasteiger partial charge >= 0.3 is 5.97 Å². The molecule has 0 aliphatic carbocycles. The Labute approximate surface area is 148 Å². The van der Waals surface area contributed by atoms with E-state index in [2.05, 4.69) is 5.32 Å². The Morgan fingerprint density at radius 1 is 1.17 bits per heavy atom. The van der Waals surface area contributed by atoms with Gasteiger partial charge in [-0.25, -0.2) is 4.79 Å². The van der Waals surface area contributed by atoms with Crippen LogP contribution in [0.15, 0.2) is 41.3 Å². The van der Waals surface area contributed by atoms with Crippen LogP contribution < -0.4 is 5.32 Å². The average Bonchev–Trinajstić information content (AvgIpc) is 3.06. The molecule has 0 fully saturated rings. The summed E-state index contributed by atoms with van der Waals surface area (Å²) in [6.45, 7) is 1.52. The van der Waals surface area contributed by atoms with Gasteiger partial charge in [-0.1, -0.05) is 12.1 Å². The molecule has 126 valence electrons. The Balaban J connectivity index is 1.93. The number of benzene rings is 1. The fourth-order valence-electron chi connectivity index (χ4n) is 1.93. The van der Waals surface area contributed by atoms with Gasteiger partial charge in [0.1, 0.15) is 0 Å². The zero-order chi connectivity index (χ0) is 17.5. The van der Waals surface area contributed by atoms with Crippen molar-refractivity contribution in [1.29, 1.82) is 0 Å². The van der Waals surface area contributed by atoms with Crippen LogP contribution in [0.4, 0.5) is 0 Å². The highest BCUT2D eigenvalue weighted by Gasteiger charge is 2.16. The van der Waals surface area contributed by atoms with Gasteiger partial charge in [0.15, 0.2) is 6.61 Å². The smallest absolute Gasteiger partial charge is 0.339 e. The van der Waals surface area contributed by atoms with Crippen molar-refractivity contribution in [3.63, 3.8) is 0 Å². The summed E-state index contributed by atoms with van der Waals surface area (Å²) in [5.41, 5.74) is 0.454. The van der Waals surface area contributed by atoms with Gasteiger partial charge in [0.2, 0.25) is 11.7 Å². The van der Waals surface area contributed by atoms with Gasteiger partial charge in [-0.3, -0.25) is 9.59 Å². The first-order valence-electron chi connectivity index (χ1n) is 7.17. The minimum atomic E-state index is -0.511. The Bertz CT molecular complexity index is 755. The van der Waals surface area contributed by atoms with Crippen LogP contribution in [0.1, 0.15) is 31.8 Å². The van der Waals surface area contributed by atoms with Gasteiger partial charge in [-0.2, -0.15) is 0 Å². The maximum atomic E-state index is 12.1. The molecule has 0 aliphatic heterocycles. The molecule has 5 nitrogen and oxygen atoms in total. The number of carbonyl (C=O) groups is 3. The first-order chi connectivity index (χ1) is 11.5. The lowest BCUT2D eigenvalue weighted by molar-refractivity contribution is -0.119. The number of nitrogens with one attached hydrogen (secondary N) is 1. The zero-order valence-corrected chi connectivity index (χ0v) is 15.0. The Kier molecular flexibility index (Phi) is 6.57. The summed E-state index contributed by atoms with van der Waals surface area (Å²) in [6.07, 6.45) is 1.87. The normalized spacial score (nSPS) is 10.2. The number of ketones is 1. The van der Waals surface area contributed by atoms with Gasteiger partial charge in [0.25, 0.3) is 0 Å². The number of Topliss-reactive ketones (excluding diaryl/α,β-unsaturated/α-hetero) is 1. The van der Waals surface area contributed by atoms with Crippen molar-refractivity contribution in [2.45, 2.75) is 18.4 Å². The van der Waals surface area contributed by atoms with Crippen LogP contribution in [-0.2, 0) is 16.1 Å². The maximum Gasteiger partial charge on any atom is 0.339 e. The molecule has 0 saturated carbocycles. The molecule has 0 bridgehead atoms. The number of amides is 1. The Morgan fingerprint density at radius 2 is 1.92 bits per heavy atom. The fraction of sp³-hybridized carbons (Fsp3) is 0.235. The zero-order valence-electron chi connectivity index (χ0n) is 13.3. The van der Waals surface area contributed by atoms with E-state index in [1.165, 1.54) is 30.0 Å². The van der Waals surface area contributed by atoms with E-state index in [1.54, 1.807) is 24.3 Å². The second-order valence-corrected chi connectivity index (χ2v) is 6.89. The number of hydrogen-bond donors (Lipinski definition) is 1. The van der Waals surface area contributed by atoms with Crippen LogP contribution in [0, 0.1) is 0 Å². The molecule has 0 atom stereocenters. The number of hydrogen-bond acceptors (Lipinski definition) is 6. The predicted molar refractivity (Wildman–Crippen MR) is 94.7 cm³/mol. The topological polar surface area (TPSA) is 72.5 Å². The van der Waals surface area contributed by atoms with E-state index in [9.17, 15) is 14.4 Å². The van der Waals surface area contributed by atoms with E-state index < -0.39 is 5.97 Å². The highest BCUT2D eigenvalue weighted by atomic mass is 32.2. The van der Waals surface area contributed by atoms with Crippen LogP contribution in [0.3, 0.4) is 0 Å². The van der Waals surface area contributed by atoms with Gasteiger partial charge in [-0.05, 0) is 30.5 Å². The van der Waals surface area contributed by atoms with Gasteiger partial charge in [-0.15, -0.1) is 23.1 Å². The first-order valence-corrected chi connectivity index (χ1v) is 9.22. The van der Waals surface area contributed by atoms with E-state index >= 15 is 0 Å². The first kappa shape index (κ1) is 18.2. The molecule has 0 radical (unpaired) electrons. The van der Waals surface area contributed by atoms with E-state index in [0.717, 1.165) is 9.77 Å². The number of thioether (sulfide) groups is 1. The van der Waals surface area contributed by atoms with Crippen molar-refractivity contribution >= 4 is 40.8 Å². The summed E-state index contributed by atoms with van der Waals surface area (Å²) in [4.78, 5) is 37.3. The molecule has 0 aliphatic rings. The molecular weight excluding hydrogens is 346 g/mol. The van der Waals surface area contributed by atoms with E-state index in [4.69, 9.17) is 4.74 Å². The second-order valence-electron chi connectivity index (χ2n) is 4.88. The van der Waals surface area contributed by atoms with Gasteiger partial charge in [0, 0.05) is 16.7 Å². The molecule has 0 unspecified atom stereocenters. The molecular formula is C17H17NO4S2. The third-order valence-corrected chi connectivity index (χ3v) is 5.03. The highest BCUT2D eigenvalue weighted by molar-refractivity contribution is 7.98. The third-order valence-electron chi connectivity index (χ3n) is 3.11. The summed E-state index contributed by atoms with van der Waals surface area (Å²) < 4.78 is 5.13. The standard InChI is InChI=1S/C17H17NO4S2/c1-11(19)18-9-12-7-8-16(24-12)14(20)10-22-17(21)13-5-3-4-6-15(13)23-2/h3-8H,9-10H2,1-2H3,(H,18,19). The minimum Gasteiger partial charge on any atom is -0.454 e. The van der Waals surface area contributed by atoms with Crippen molar-refractivity contribution in [3.8, 4) is 0 Å². The van der Waals surface area contributed by atoms with Gasteiger partial charge in [0.05, 0.1) is 17.0 Å². The van der Waals surface area contributed by atoms with Crippen LogP contribution in [0.2, 0.25) is 0 Å². The average molecular weight is 363 g/mol. The Hall–Kier alpha value is -2.12. The largest absolute Gasteiger partial charge is 0.454 e. The van der Waals surface area contributed by atoms with Crippen LogP contribution in [0.5, 0.6) is 0 Å². The summed E-state index contributed by atoms with van der Waals surface area (Å²) in [7, 11) is 0. The Morgan fingerprint density at radius 3 is 2.62 bits per heavy atom. The van der Waals surface area contributed by atoms with Crippen molar-refractivity contribution < 1.29 is 19.1 Å². The van der Waals surface area contributed by atoms with E-state index in [-0.39, 0.29) is 18.3 Å². The van der Waals surface area contributed by atoms with Crippen molar-refractivity contribution in [1.82, 2.24) is 5.32 Å². The van der Waals surface area contributed by atoms with Crippen molar-refractivity contribution in [3.05, 3.63) is 51.7 Å². The van der Waals surface area contributed by atoms with E-state index in [1.807, 2.05) is 18.4 Å². The van der Waals surface area contributed by atoms with Crippen molar-refractivity contribution in [2.75, 3.05) is 12.9 Å². The molecule has 1 aromatic heterocycles. The molecule has 0 spiro atoms. The number of esters is 1. The third kappa shape index (κ3) is 4.94. The summed E-state index contributed by atoms with van der Waals surface area (Å²) in [5, 5.41) is 2.67. The molecule has 1 amide bonds. The number of ether oxygens (including phenoxy) is 1. The molecule has 0 saturated heterocycles. The molecule has 1 aromatic carbocycles. The van der Waals surface area contributed by atoms with Gasteiger partial charge < -0.3 is 10.1 Å². The van der Waals surface area contributed by atoms with Crippen LogP contribution >= 0.6 is 23.1 Å². The molecule has 24 heavy (non-hydrogen) atoms. The minimum absolute atomic E-state index is 0.127. The predicted octanol–water partition coefficient (Wildman–Crippen LogP) is 3.15. The van der Waals surface area contributed by atoms with Crippen LogP contribution in [-0.4, -0.2) is 30.5 Å². The lowest BCUT2D eigenvalue weighted by Crippen LogP contribution is -2.18. The molecule has 2 aromatic rings.